The summed E-state index contributed by atoms with van der Waals surface area (Å²) >= 11 is 1.66. The molecule has 0 bridgehead atoms. The molecule has 1 amide bonds. The van der Waals surface area contributed by atoms with E-state index in [4.69, 9.17) is 0 Å². The Kier molecular flexibility index (Phi) is 6.93. The summed E-state index contributed by atoms with van der Waals surface area (Å²) in [5, 5.41) is 4.23. The highest BCUT2D eigenvalue weighted by molar-refractivity contribution is 8.03. The number of carbonyl (C=O) groups is 1. The summed E-state index contributed by atoms with van der Waals surface area (Å²) in [7, 11) is 0. The minimum Gasteiger partial charge on any atom is -0.352 e. The molecule has 0 unspecified atom stereocenters. The Morgan fingerprint density at radius 2 is 1.97 bits per heavy atom. The largest absolute Gasteiger partial charge is 0.352 e. The second-order valence-corrected chi connectivity index (χ2v) is 9.94. The third kappa shape index (κ3) is 5.57. The first-order valence-corrected chi connectivity index (χ1v) is 12.6. The van der Waals surface area contributed by atoms with Crippen molar-refractivity contribution >= 4 is 29.4 Å². The monoisotopic (exact) mass is 458 g/mol. The highest BCUT2D eigenvalue weighted by Crippen LogP contribution is 2.34. The number of benzene rings is 1. The summed E-state index contributed by atoms with van der Waals surface area (Å²) in [4.78, 5) is 20.4. The summed E-state index contributed by atoms with van der Waals surface area (Å²) in [6.07, 6.45) is 12.2. The van der Waals surface area contributed by atoms with Gasteiger partial charge in [-0.05, 0) is 81.1 Å². The molecular weight excluding hydrogens is 428 g/mol. The van der Waals surface area contributed by atoms with Crippen molar-refractivity contribution < 1.29 is 4.79 Å². The number of imidazole rings is 1. The van der Waals surface area contributed by atoms with Gasteiger partial charge < -0.3 is 10.2 Å². The second kappa shape index (κ2) is 10.4. The van der Waals surface area contributed by atoms with E-state index in [-0.39, 0.29) is 5.91 Å². The highest BCUT2D eigenvalue weighted by atomic mass is 32.2. The van der Waals surface area contributed by atoms with E-state index in [1.54, 1.807) is 17.8 Å². The lowest BCUT2D eigenvalue weighted by atomic mass is 9.96. The number of amides is 1. The van der Waals surface area contributed by atoms with Crippen molar-refractivity contribution in [3.8, 4) is 0 Å². The maximum absolute atomic E-state index is 12.4. The quantitative estimate of drug-likeness (QED) is 0.493. The van der Waals surface area contributed by atoms with Gasteiger partial charge in [-0.1, -0.05) is 48.2 Å². The predicted molar refractivity (Wildman–Crippen MR) is 135 cm³/mol. The van der Waals surface area contributed by atoms with Crippen molar-refractivity contribution in [1.82, 2.24) is 19.6 Å². The second-order valence-electron chi connectivity index (χ2n) is 8.84. The lowest BCUT2D eigenvalue weighted by Crippen LogP contribution is -2.38. The van der Waals surface area contributed by atoms with Gasteiger partial charge >= 0.3 is 0 Å². The molecule has 0 atom stereocenters. The maximum atomic E-state index is 12.4. The molecule has 2 aromatic heterocycles. The molecule has 2 aliphatic heterocycles. The van der Waals surface area contributed by atoms with E-state index in [1.165, 1.54) is 12.0 Å². The van der Waals surface area contributed by atoms with Gasteiger partial charge in [0.1, 0.15) is 5.65 Å². The van der Waals surface area contributed by atoms with Crippen LogP contribution in [0.3, 0.4) is 0 Å². The van der Waals surface area contributed by atoms with Gasteiger partial charge in [0.25, 0.3) is 0 Å². The Hall–Kier alpha value is -2.83. The van der Waals surface area contributed by atoms with Gasteiger partial charge in [0.15, 0.2) is 0 Å². The maximum Gasteiger partial charge on any atom is 0.244 e. The van der Waals surface area contributed by atoms with Crippen LogP contribution in [0.2, 0.25) is 0 Å². The standard InChI is InChI=1S/C27H30N4OS/c32-26(12-11-24-18-23-20-28-25-9-4-10-27(33-24)31(23)25)29-19-22-13-16-30(17-14-22)15-5-8-21-6-2-1-3-7-21/h1-4,6-7,9-12,18,20,22H,5,8,13-17,19H2,(H,29,32)/b12-11+. The Balaban J connectivity index is 1.03. The molecule has 5 rings (SSSR count). The Labute approximate surface area is 199 Å². The van der Waals surface area contributed by atoms with Crippen LogP contribution in [0, 0.1) is 5.92 Å². The summed E-state index contributed by atoms with van der Waals surface area (Å²) in [5.41, 5.74) is 3.43. The molecule has 2 aliphatic rings. The van der Waals surface area contributed by atoms with Gasteiger partial charge in [0.05, 0.1) is 16.9 Å². The number of hydrogen-bond donors (Lipinski definition) is 1. The normalized spacial score (nSPS) is 16.9. The van der Waals surface area contributed by atoms with Crippen molar-refractivity contribution in [3.05, 3.63) is 83.0 Å². The number of likely N-dealkylation sites (tertiary alicyclic amines) is 1. The fraction of sp³-hybridized carbons (Fsp3) is 0.333. The fourth-order valence-corrected chi connectivity index (χ4v) is 5.61. The molecule has 0 radical (unpaired) electrons. The zero-order valence-corrected chi connectivity index (χ0v) is 19.6. The first kappa shape index (κ1) is 22.0. The number of aryl methyl sites for hydroxylation is 1. The van der Waals surface area contributed by atoms with Crippen LogP contribution in [0.1, 0.15) is 30.5 Å². The molecule has 5 nitrogen and oxygen atoms in total. The number of aromatic nitrogens is 2. The molecule has 3 aromatic rings. The Morgan fingerprint density at radius 1 is 1.12 bits per heavy atom. The third-order valence-corrected chi connectivity index (χ3v) is 7.50. The number of carbonyl (C=O) groups excluding carboxylic acids is 1. The smallest absolute Gasteiger partial charge is 0.244 e. The van der Waals surface area contributed by atoms with Gasteiger partial charge in [-0.15, -0.1) is 0 Å². The van der Waals surface area contributed by atoms with Crippen LogP contribution in [0.5, 0.6) is 0 Å². The van der Waals surface area contributed by atoms with E-state index in [9.17, 15) is 4.79 Å². The van der Waals surface area contributed by atoms with E-state index < -0.39 is 0 Å². The predicted octanol–water partition coefficient (Wildman–Crippen LogP) is 4.80. The van der Waals surface area contributed by atoms with Crippen molar-refractivity contribution in [2.75, 3.05) is 26.2 Å². The topological polar surface area (TPSA) is 49.6 Å². The molecule has 0 aliphatic carbocycles. The minimum absolute atomic E-state index is 0.0147. The number of nitrogens with one attached hydrogen (secondary N) is 1. The summed E-state index contributed by atoms with van der Waals surface area (Å²) in [6, 6.07) is 16.8. The van der Waals surface area contributed by atoms with Crippen LogP contribution in [0.15, 0.2) is 76.8 Å². The van der Waals surface area contributed by atoms with Crippen molar-refractivity contribution in [2.45, 2.75) is 30.7 Å². The molecule has 0 spiro atoms. The number of allylic oxidation sites excluding steroid dienone is 1. The minimum atomic E-state index is -0.0147. The van der Waals surface area contributed by atoms with E-state index in [2.05, 4.69) is 62.1 Å². The summed E-state index contributed by atoms with van der Waals surface area (Å²) in [6.45, 7) is 4.19. The third-order valence-electron chi connectivity index (χ3n) is 6.49. The van der Waals surface area contributed by atoms with E-state index in [1.807, 2.05) is 24.4 Å². The van der Waals surface area contributed by atoms with Crippen LogP contribution in [0.25, 0.3) is 11.7 Å². The molecule has 0 saturated carbocycles. The first-order valence-electron chi connectivity index (χ1n) is 11.8. The van der Waals surface area contributed by atoms with Crippen LogP contribution in [-0.4, -0.2) is 46.4 Å². The van der Waals surface area contributed by atoms with Crippen LogP contribution in [0.4, 0.5) is 0 Å². The molecule has 1 fully saturated rings. The van der Waals surface area contributed by atoms with E-state index in [0.717, 1.165) is 66.7 Å². The molecule has 1 N–H and O–H groups in total. The zero-order valence-electron chi connectivity index (χ0n) is 18.8. The molecule has 1 aromatic carbocycles. The first-order chi connectivity index (χ1) is 16.2. The molecule has 6 heteroatoms. The summed E-state index contributed by atoms with van der Waals surface area (Å²) in [5.74, 6) is 0.557. The van der Waals surface area contributed by atoms with Gasteiger partial charge in [-0.25, -0.2) is 4.98 Å². The number of piperidine rings is 1. The lowest BCUT2D eigenvalue weighted by molar-refractivity contribution is -0.116. The Morgan fingerprint density at radius 3 is 2.82 bits per heavy atom. The summed E-state index contributed by atoms with van der Waals surface area (Å²) < 4.78 is 2.14. The molecule has 33 heavy (non-hydrogen) atoms. The number of thioether (sulfide) groups is 1. The number of rotatable bonds is 8. The molecule has 170 valence electrons. The lowest BCUT2D eigenvalue weighted by Gasteiger charge is -2.32. The fourth-order valence-electron chi connectivity index (χ4n) is 4.62. The number of nitrogens with zero attached hydrogens (tertiary/aromatic N) is 3. The van der Waals surface area contributed by atoms with E-state index >= 15 is 0 Å². The van der Waals surface area contributed by atoms with Gasteiger partial charge in [-0.3, -0.25) is 9.20 Å². The zero-order chi connectivity index (χ0) is 22.5. The van der Waals surface area contributed by atoms with Crippen molar-refractivity contribution in [3.63, 3.8) is 0 Å². The van der Waals surface area contributed by atoms with Crippen LogP contribution < -0.4 is 5.32 Å². The average molecular weight is 459 g/mol. The molecule has 4 heterocycles. The van der Waals surface area contributed by atoms with Crippen LogP contribution >= 0.6 is 11.8 Å². The molecular formula is C27H30N4OS. The van der Waals surface area contributed by atoms with Crippen molar-refractivity contribution in [2.24, 2.45) is 5.92 Å². The van der Waals surface area contributed by atoms with Crippen LogP contribution in [-0.2, 0) is 11.2 Å². The van der Waals surface area contributed by atoms with Gasteiger partial charge in [0.2, 0.25) is 5.91 Å². The SMILES string of the molecule is O=C(/C=C/C1=Cc2cnc3cccc(n23)S1)NCC1CCN(CCCc2ccccc2)CC1. The number of pyridine rings is 1. The Bertz CT molecular complexity index is 1160. The number of hydrogen-bond acceptors (Lipinski definition) is 4. The van der Waals surface area contributed by atoms with Gasteiger partial charge in [-0.2, -0.15) is 0 Å². The van der Waals surface area contributed by atoms with Crippen molar-refractivity contribution in [1.29, 1.82) is 0 Å². The average Bonchev–Trinajstić information content (AvgIpc) is 3.27. The van der Waals surface area contributed by atoms with Gasteiger partial charge in [0, 0.05) is 17.5 Å². The highest BCUT2D eigenvalue weighted by Gasteiger charge is 2.19. The molecule has 1 saturated heterocycles. The van der Waals surface area contributed by atoms with E-state index in [0.29, 0.717) is 5.92 Å².